The number of ether oxygens (including phenoxy) is 1. The number of aliphatic hydroxyl groups is 5. The van der Waals surface area contributed by atoms with Gasteiger partial charge in [-0.1, -0.05) is 167 Å². The van der Waals surface area contributed by atoms with E-state index in [-0.39, 0.29) is 6.61 Å². The van der Waals surface area contributed by atoms with E-state index in [1.54, 1.807) is 18.4 Å². The number of rotatable bonds is 34. The standard InChI is InChI=1S/C42H78O6/c1-5-9-13-17-21-25-29-33-40(45,37-43)39(44)42(47,35-31-27-23-19-15-11-7-3)41(46,34-30-26-22-18-14-10-6-2)38-48-36-32-28-24-20-16-12-8-4/h29-36,39,43-47H,5-28,37-38H2,1-4H3. The molecular formula is C42H78O6. The van der Waals surface area contributed by atoms with Gasteiger partial charge in [0, 0.05) is 0 Å². The third-order valence-corrected chi connectivity index (χ3v) is 9.40. The van der Waals surface area contributed by atoms with Gasteiger partial charge in [0.05, 0.1) is 12.9 Å². The molecule has 0 fully saturated rings. The van der Waals surface area contributed by atoms with Crippen molar-refractivity contribution in [2.75, 3.05) is 13.2 Å². The van der Waals surface area contributed by atoms with Gasteiger partial charge in [-0.25, -0.2) is 0 Å². The van der Waals surface area contributed by atoms with Crippen LogP contribution in [0.4, 0.5) is 0 Å². The Balaban J connectivity index is 6.22. The molecule has 0 aliphatic heterocycles. The average molecular weight is 679 g/mol. The van der Waals surface area contributed by atoms with Gasteiger partial charge in [0.25, 0.3) is 0 Å². The van der Waals surface area contributed by atoms with Crippen molar-refractivity contribution < 1.29 is 30.3 Å². The Morgan fingerprint density at radius 2 is 0.875 bits per heavy atom. The van der Waals surface area contributed by atoms with Crippen molar-refractivity contribution >= 4 is 0 Å². The molecule has 0 aliphatic carbocycles. The third kappa shape index (κ3) is 20.3. The van der Waals surface area contributed by atoms with Gasteiger partial charge in [0.15, 0.2) is 5.60 Å². The number of hydrogen-bond acceptors (Lipinski definition) is 6. The second-order valence-corrected chi connectivity index (χ2v) is 14.0. The minimum atomic E-state index is -2.36. The quantitative estimate of drug-likeness (QED) is 0.0263. The topological polar surface area (TPSA) is 110 Å². The summed E-state index contributed by atoms with van der Waals surface area (Å²) in [6.45, 7) is 7.58. The molecule has 48 heavy (non-hydrogen) atoms. The van der Waals surface area contributed by atoms with Gasteiger partial charge in [-0.15, -0.1) is 0 Å². The highest BCUT2D eigenvalue weighted by Crippen LogP contribution is 2.36. The lowest BCUT2D eigenvalue weighted by atomic mass is 9.72. The Kier molecular flexibility index (Phi) is 29.5. The smallest absolute Gasteiger partial charge is 0.151 e. The van der Waals surface area contributed by atoms with Gasteiger partial charge < -0.3 is 30.3 Å². The van der Waals surface area contributed by atoms with Crippen LogP contribution in [0.2, 0.25) is 0 Å². The van der Waals surface area contributed by atoms with Crippen molar-refractivity contribution in [2.24, 2.45) is 0 Å². The monoisotopic (exact) mass is 679 g/mol. The maximum Gasteiger partial charge on any atom is 0.151 e. The van der Waals surface area contributed by atoms with Crippen molar-refractivity contribution in [3.63, 3.8) is 0 Å². The Labute approximate surface area is 296 Å². The van der Waals surface area contributed by atoms with E-state index >= 15 is 0 Å². The Morgan fingerprint density at radius 3 is 1.29 bits per heavy atom. The van der Waals surface area contributed by atoms with Crippen LogP contribution in [0.15, 0.2) is 48.8 Å². The summed E-state index contributed by atoms with van der Waals surface area (Å²) in [7, 11) is 0. The van der Waals surface area contributed by atoms with Crippen LogP contribution in [0.3, 0.4) is 0 Å². The molecule has 0 bridgehead atoms. The van der Waals surface area contributed by atoms with Gasteiger partial charge in [-0.2, -0.15) is 0 Å². The number of allylic oxidation sites excluding steroid dienone is 4. The van der Waals surface area contributed by atoms with Gasteiger partial charge in [0.1, 0.15) is 23.9 Å². The molecule has 5 N–H and O–H groups in total. The Bertz CT molecular complexity index is 838. The molecule has 0 aromatic rings. The molecule has 0 saturated heterocycles. The van der Waals surface area contributed by atoms with Gasteiger partial charge in [-0.05, 0) is 57.4 Å². The van der Waals surface area contributed by atoms with E-state index in [9.17, 15) is 25.5 Å². The Hall–Kier alpha value is -1.44. The lowest BCUT2D eigenvalue weighted by Crippen LogP contribution is -2.68. The zero-order valence-corrected chi connectivity index (χ0v) is 31.7. The molecule has 0 aromatic heterocycles. The maximum atomic E-state index is 12.4. The molecular weight excluding hydrogens is 600 g/mol. The molecule has 0 spiro atoms. The van der Waals surface area contributed by atoms with Crippen LogP contribution in [-0.2, 0) is 4.74 Å². The van der Waals surface area contributed by atoms with Crippen LogP contribution in [0, 0.1) is 0 Å². The lowest BCUT2D eigenvalue weighted by molar-refractivity contribution is -0.213. The normalized spacial score (nSPS) is 17.0. The molecule has 0 rings (SSSR count). The summed E-state index contributed by atoms with van der Waals surface area (Å²) in [4.78, 5) is 0. The first-order valence-electron chi connectivity index (χ1n) is 20.0. The highest BCUT2D eigenvalue weighted by Gasteiger charge is 2.57. The van der Waals surface area contributed by atoms with E-state index in [0.29, 0.717) is 19.3 Å². The third-order valence-electron chi connectivity index (χ3n) is 9.40. The van der Waals surface area contributed by atoms with E-state index in [0.717, 1.165) is 96.3 Å². The summed E-state index contributed by atoms with van der Waals surface area (Å²) < 4.78 is 5.85. The summed E-state index contributed by atoms with van der Waals surface area (Å²) >= 11 is 0. The van der Waals surface area contributed by atoms with Crippen LogP contribution in [0.5, 0.6) is 0 Å². The van der Waals surface area contributed by atoms with Crippen LogP contribution >= 0.6 is 0 Å². The minimum absolute atomic E-state index is 0.331. The average Bonchev–Trinajstić information content (AvgIpc) is 3.09. The molecule has 0 aromatic carbocycles. The van der Waals surface area contributed by atoms with Crippen LogP contribution < -0.4 is 0 Å². The summed E-state index contributed by atoms with van der Waals surface area (Å²) in [5.74, 6) is 0. The van der Waals surface area contributed by atoms with E-state index in [2.05, 4.69) is 27.7 Å². The van der Waals surface area contributed by atoms with Crippen molar-refractivity contribution in [3.8, 4) is 0 Å². The van der Waals surface area contributed by atoms with E-state index in [1.165, 1.54) is 56.8 Å². The van der Waals surface area contributed by atoms with E-state index < -0.39 is 29.5 Å². The molecule has 4 unspecified atom stereocenters. The first-order valence-corrected chi connectivity index (χ1v) is 20.0. The molecule has 0 heterocycles. The predicted octanol–water partition coefficient (Wildman–Crippen LogP) is 10.2. The first-order chi connectivity index (χ1) is 23.2. The number of unbranched alkanes of at least 4 members (excludes halogenated alkanes) is 20. The summed E-state index contributed by atoms with van der Waals surface area (Å²) in [6, 6.07) is 0. The maximum absolute atomic E-state index is 12.4. The summed E-state index contributed by atoms with van der Waals surface area (Å²) in [5, 5.41) is 58.3. The van der Waals surface area contributed by atoms with E-state index in [1.807, 2.05) is 12.2 Å². The molecule has 0 saturated carbocycles. The van der Waals surface area contributed by atoms with Crippen molar-refractivity contribution in [2.45, 2.75) is 205 Å². The fourth-order valence-electron chi connectivity index (χ4n) is 5.98. The zero-order chi connectivity index (χ0) is 35.8. The van der Waals surface area contributed by atoms with Crippen molar-refractivity contribution in [1.29, 1.82) is 0 Å². The zero-order valence-electron chi connectivity index (χ0n) is 31.7. The Morgan fingerprint density at radius 1 is 0.500 bits per heavy atom. The predicted molar refractivity (Wildman–Crippen MR) is 204 cm³/mol. The highest BCUT2D eigenvalue weighted by molar-refractivity contribution is 5.28. The summed E-state index contributed by atoms with van der Waals surface area (Å²) in [6.07, 6.45) is 36.4. The number of hydrogen-bond donors (Lipinski definition) is 5. The SMILES string of the molecule is CCCCCCCC=COCC(O)(C=CCCCCCCC)C(O)(C=CCCCCCCC)C(O)C(O)(C=CCCCCCCC)CO. The fraction of sp³-hybridized carbons (Fsp3) is 0.810. The fourth-order valence-corrected chi connectivity index (χ4v) is 5.98. The van der Waals surface area contributed by atoms with Gasteiger partial charge in [-0.3, -0.25) is 0 Å². The van der Waals surface area contributed by atoms with Gasteiger partial charge >= 0.3 is 0 Å². The summed E-state index contributed by atoms with van der Waals surface area (Å²) in [5.41, 5.74) is -6.62. The van der Waals surface area contributed by atoms with Crippen molar-refractivity contribution in [1.82, 2.24) is 0 Å². The first kappa shape index (κ1) is 46.6. The molecule has 0 amide bonds. The molecule has 6 heteroatoms. The van der Waals surface area contributed by atoms with Crippen LogP contribution in [-0.4, -0.2) is 61.7 Å². The second-order valence-electron chi connectivity index (χ2n) is 14.0. The highest BCUT2D eigenvalue weighted by atomic mass is 16.5. The van der Waals surface area contributed by atoms with Crippen LogP contribution in [0.1, 0.15) is 182 Å². The lowest BCUT2D eigenvalue weighted by Gasteiger charge is -2.46. The molecule has 4 atom stereocenters. The van der Waals surface area contributed by atoms with Gasteiger partial charge in [0.2, 0.25) is 0 Å². The van der Waals surface area contributed by atoms with E-state index in [4.69, 9.17) is 4.74 Å². The molecule has 0 aliphatic rings. The second kappa shape index (κ2) is 30.4. The largest absolute Gasteiger partial charge is 0.498 e. The molecule has 6 nitrogen and oxygen atoms in total. The molecule has 0 radical (unpaired) electrons. The molecule has 282 valence electrons. The minimum Gasteiger partial charge on any atom is -0.498 e. The van der Waals surface area contributed by atoms with Crippen molar-refractivity contribution in [3.05, 3.63) is 48.8 Å². The van der Waals surface area contributed by atoms with Crippen LogP contribution in [0.25, 0.3) is 0 Å². The number of aliphatic hydroxyl groups excluding tert-OH is 2.